The zero-order valence-electron chi connectivity index (χ0n) is 13.2. The summed E-state index contributed by atoms with van der Waals surface area (Å²) in [5, 5.41) is 1.24. The van der Waals surface area contributed by atoms with Gasteiger partial charge in [0.1, 0.15) is 6.54 Å². The van der Waals surface area contributed by atoms with Crippen molar-refractivity contribution >= 4 is 16.6 Å². The molecular formula is C19H27N2+. The Hall–Kier alpha value is -1.57. The van der Waals surface area contributed by atoms with Crippen molar-refractivity contribution in [3.63, 3.8) is 0 Å². The molecule has 1 aromatic carbocycles. The number of nitrogens with two attached hydrogens (primary N) is 1. The Morgan fingerprint density at radius 2 is 1.86 bits per heavy atom. The summed E-state index contributed by atoms with van der Waals surface area (Å²) >= 11 is 0. The molecule has 21 heavy (non-hydrogen) atoms. The minimum absolute atomic E-state index is 1.03. The lowest BCUT2D eigenvalue weighted by molar-refractivity contribution is -0.679. The number of nitrogens with zero attached hydrogens (tertiary/aromatic N) is 1. The summed E-state index contributed by atoms with van der Waals surface area (Å²) in [7, 11) is 0. The lowest BCUT2D eigenvalue weighted by Gasteiger charge is -2.10. The summed E-state index contributed by atoms with van der Waals surface area (Å²) in [4.78, 5) is 0. The summed E-state index contributed by atoms with van der Waals surface area (Å²) < 4.78 is 2.56. The van der Waals surface area contributed by atoms with Gasteiger partial charge in [0.15, 0.2) is 5.69 Å². The van der Waals surface area contributed by atoms with Crippen molar-refractivity contribution in [2.24, 2.45) is 0 Å². The molecule has 0 spiro atoms. The van der Waals surface area contributed by atoms with Crippen molar-refractivity contribution in [3.8, 4) is 0 Å². The van der Waals surface area contributed by atoms with Gasteiger partial charge in [-0.25, -0.2) is 0 Å². The average Bonchev–Trinajstić information content (AvgIpc) is 3.00. The van der Waals surface area contributed by atoms with E-state index in [1.165, 1.54) is 67.1 Å². The summed E-state index contributed by atoms with van der Waals surface area (Å²) in [6.45, 7) is 3.42. The standard InChI is InChI=1S/C19H26N2/c1-2-3-4-5-8-14-21-17-12-7-6-10-15(17)19(20)16-11-9-13-18(16)21/h6-7,10,12,20H,2-5,8-9,11,13-14H2,1H3/p+1. The average molecular weight is 283 g/mol. The van der Waals surface area contributed by atoms with Crippen LogP contribution in [0.4, 0.5) is 5.69 Å². The zero-order valence-corrected chi connectivity index (χ0v) is 13.2. The molecule has 0 atom stereocenters. The summed E-state index contributed by atoms with van der Waals surface area (Å²) in [5.74, 6) is 0. The summed E-state index contributed by atoms with van der Waals surface area (Å²) in [6, 6.07) is 8.65. The van der Waals surface area contributed by atoms with Gasteiger partial charge in [-0.1, -0.05) is 38.3 Å². The van der Waals surface area contributed by atoms with Crippen molar-refractivity contribution < 1.29 is 4.57 Å². The number of anilines is 1. The van der Waals surface area contributed by atoms with E-state index in [9.17, 15) is 0 Å². The van der Waals surface area contributed by atoms with Crippen LogP contribution < -0.4 is 10.3 Å². The number of benzene rings is 1. The highest BCUT2D eigenvalue weighted by molar-refractivity contribution is 5.90. The number of hydrogen-bond acceptors (Lipinski definition) is 1. The monoisotopic (exact) mass is 283 g/mol. The number of rotatable bonds is 6. The highest BCUT2D eigenvalue weighted by Crippen LogP contribution is 2.30. The van der Waals surface area contributed by atoms with E-state index in [0.29, 0.717) is 0 Å². The first-order chi connectivity index (χ1) is 10.3. The van der Waals surface area contributed by atoms with Crippen LogP contribution in [0.3, 0.4) is 0 Å². The van der Waals surface area contributed by atoms with Crippen LogP contribution in [0.2, 0.25) is 0 Å². The third kappa shape index (κ3) is 2.76. The number of hydrogen-bond donors (Lipinski definition) is 1. The Morgan fingerprint density at radius 1 is 1.05 bits per heavy atom. The normalized spacial score (nSPS) is 13.8. The van der Waals surface area contributed by atoms with Crippen molar-refractivity contribution in [3.05, 3.63) is 35.5 Å². The number of para-hydroxylation sites is 1. The number of aryl methyl sites for hydroxylation is 1. The van der Waals surface area contributed by atoms with Crippen molar-refractivity contribution in [1.82, 2.24) is 0 Å². The largest absolute Gasteiger partial charge is 0.398 e. The summed E-state index contributed by atoms with van der Waals surface area (Å²) in [5.41, 5.74) is 11.7. The SMILES string of the molecule is CCCCCCC[n+]1c2c(c(N)c3ccccc31)CCC2. The van der Waals surface area contributed by atoms with Crippen LogP contribution >= 0.6 is 0 Å². The molecule has 1 heterocycles. The van der Waals surface area contributed by atoms with E-state index >= 15 is 0 Å². The maximum Gasteiger partial charge on any atom is 0.214 e. The van der Waals surface area contributed by atoms with Crippen LogP contribution in [0.25, 0.3) is 10.9 Å². The smallest absolute Gasteiger partial charge is 0.214 e. The first-order valence-corrected chi connectivity index (χ1v) is 8.54. The van der Waals surface area contributed by atoms with Gasteiger partial charge in [0.05, 0.1) is 11.1 Å². The fraction of sp³-hybridized carbons (Fsp3) is 0.526. The van der Waals surface area contributed by atoms with Gasteiger partial charge in [0, 0.05) is 24.5 Å². The number of nitrogen functional groups attached to an aromatic ring is 1. The molecular weight excluding hydrogens is 256 g/mol. The predicted octanol–water partition coefficient (Wildman–Crippen LogP) is 4.17. The molecule has 2 aromatic rings. The number of unbranched alkanes of at least 4 members (excludes halogenated alkanes) is 4. The Kier molecular flexibility index (Phi) is 4.42. The molecule has 2 nitrogen and oxygen atoms in total. The highest BCUT2D eigenvalue weighted by atomic mass is 15.0. The van der Waals surface area contributed by atoms with Gasteiger partial charge < -0.3 is 5.73 Å². The topological polar surface area (TPSA) is 29.9 Å². The van der Waals surface area contributed by atoms with E-state index in [2.05, 4.69) is 35.8 Å². The lowest BCUT2D eigenvalue weighted by atomic mass is 10.1. The molecule has 0 radical (unpaired) electrons. The molecule has 2 N–H and O–H groups in total. The molecule has 1 aliphatic rings. The highest BCUT2D eigenvalue weighted by Gasteiger charge is 2.27. The van der Waals surface area contributed by atoms with Crippen LogP contribution in [-0.4, -0.2) is 0 Å². The Morgan fingerprint density at radius 3 is 2.71 bits per heavy atom. The number of aromatic nitrogens is 1. The van der Waals surface area contributed by atoms with Gasteiger partial charge in [-0.05, 0) is 25.3 Å². The molecule has 112 valence electrons. The molecule has 3 rings (SSSR count). The Bertz CT molecular complexity index is 631. The molecule has 0 aliphatic heterocycles. The van der Waals surface area contributed by atoms with E-state index in [4.69, 9.17) is 5.73 Å². The molecule has 0 amide bonds. The molecule has 2 heteroatoms. The third-order valence-corrected chi connectivity index (χ3v) is 4.81. The van der Waals surface area contributed by atoms with Crippen LogP contribution in [0.1, 0.15) is 56.7 Å². The molecule has 0 bridgehead atoms. The predicted molar refractivity (Wildman–Crippen MR) is 89.3 cm³/mol. The second-order valence-corrected chi connectivity index (χ2v) is 6.28. The van der Waals surface area contributed by atoms with E-state index in [1.807, 2.05) is 0 Å². The molecule has 1 aliphatic carbocycles. The van der Waals surface area contributed by atoms with Crippen molar-refractivity contribution in [1.29, 1.82) is 0 Å². The van der Waals surface area contributed by atoms with Gasteiger partial charge in [-0.2, -0.15) is 4.57 Å². The summed E-state index contributed by atoms with van der Waals surface area (Å²) in [6.07, 6.45) is 10.3. The Balaban J connectivity index is 1.91. The molecule has 0 saturated heterocycles. The van der Waals surface area contributed by atoms with Crippen LogP contribution in [0.5, 0.6) is 0 Å². The molecule has 0 unspecified atom stereocenters. The van der Waals surface area contributed by atoms with Gasteiger partial charge in [-0.3, -0.25) is 0 Å². The maximum atomic E-state index is 6.42. The van der Waals surface area contributed by atoms with Gasteiger partial charge in [0.2, 0.25) is 5.52 Å². The minimum Gasteiger partial charge on any atom is -0.398 e. The second kappa shape index (κ2) is 6.46. The number of fused-ring (bicyclic) bond motifs is 2. The first-order valence-electron chi connectivity index (χ1n) is 8.54. The fourth-order valence-corrected chi connectivity index (χ4v) is 3.69. The molecule has 0 saturated carbocycles. The van der Waals surface area contributed by atoms with E-state index in [-0.39, 0.29) is 0 Å². The molecule has 1 aromatic heterocycles. The van der Waals surface area contributed by atoms with E-state index in [1.54, 1.807) is 0 Å². The fourth-order valence-electron chi connectivity index (χ4n) is 3.69. The maximum absolute atomic E-state index is 6.42. The second-order valence-electron chi connectivity index (χ2n) is 6.28. The molecule has 0 fully saturated rings. The van der Waals surface area contributed by atoms with Gasteiger partial charge >= 0.3 is 0 Å². The van der Waals surface area contributed by atoms with Crippen molar-refractivity contribution in [2.75, 3.05) is 5.73 Å². The Labute approximate surface area is 128 Å². The lowest BCUT2D eigenvalue weighted by Crippen LogP contribution is -2.40. The van der Waals surface area contributed by atoms with E-state index in [0.717, 1.165) is 18.7 Å². The minimum atomic E-state index is 1.03. The van der Waals surface area contributed by atoms with E-state index < -0.39 is 0 Å². The third-order valence-electron chi connectivity index (χ3n) is 4.81. The van der Waals surface area contributed by atoms with Crippen molar-refractivity contribution in [2.45, 2.75) is 64.8 Å². The zero-order chi connectivity index (χ0) is 14.7. The van der Waals surface area contributed by atoms with Crippen LogP contribution in [0.15, 0.2) is 24.3 Å². The number of pyridine rings is 1. The van der Waals surface area contributed by atoms with Gasteiger partial charge in [-0.15, -0.1) is 0 Å². The van der Waals surface area contributed by atoms with Crippen LogP contribution in [-0.2, 0) is 19.4 Å². The quantitative estimate of drug-likeness (QED) is 0.626. The van der Waals surface area contributed by atoms with Crippen LogP contribution in [0, 0.1) is 0 Å². The van der Waals surface area contributed by atoms with Gasteiger partial charge in [0.25, 0.3) is 0 Å². The first kappa shape index (κ1) is 14.4.